The number of hydrogen-bond acceptors (Lipinski definition) is 2. The fraction of sp³-hybridized carbons (Fsp3) is 0.455. The van der Waals surface area contributed by atoms with Gasteiger partial charge in [0.1, 0.15) is 16.6 Å². The van der Waals surface area contributed by atoms with Gasteiger partial charge in [-0.2, -0.15) is 0 Å². The van der Waals surface area contributed by atoms with E-state index in [1.54, 1.807) is 0 Å². The molecule has 0 bridgehead atoms. The molecule has 1 aromatic carbocycles. The van der Waals surface area contributed by atoms with Crippen molar-refractivity contribution in [2.45, 2.75) is 25.3 Å². The fourth-order valence-electron chi connectivity index (χ4n) is 1.69. The van der Waals surface area contributed by atoms with E-state index in [4.69, 9.17) is 17.3 Å². The van der Waals surface area contributed by atoms with Crippen LogP contribution in [0.25, 0.3) is 0 Å². The molecule has 0 radical (unpaired) electrons. The van der Waals surface area contributed by atoms with Gasteiger partial charge in [0.2, 0.25) is 0 Å². The van der Waals surface area contributed by atoms with Crippen molar-refractivity contribution in [2.24, 2.45) is 11.7 Å². The van der Waals surface area contributed by atoms with Gasteiger partial charge in [0.15, 0.2) is 0 Å². The summed E-state index contributed by atoms with van der Waals surface area (Å²) in [5, 5.41) is 9.39. The minimum Gasteiger partial charge on any atom is -0.506 e. The lowest BCUT2D eigenvalue weighted by Crippen LogP contribution is -2.11. The smallest absolute Gasteiger partial charge is 0.145 e. The molecule has 1 aliphatic rings. The highest BCUT2D eigenvalue weighted by molar-refractivity contribution is 6.32. The fourth-order valence-corrected chi connectivity index (χ4v) is 1.87. The van der Waals surface area contributed by atoms with Crippen LogP contribution in [0, 0.1) is 11.7 Å². The van der Waals surface area contributed by atoms with Crippen molar-refractivity contribution in [3.8, 4) is 5.75 Å². The van der Waals surface area contributed by atoms with Gasteiger partial charge in [0.05, 0.1) is 0 Å². The van der Waals surface area contributed by atoms with E-state index in [-0.39, 0.29) is 29.2 Å². The Morgan fingerprint density at radius 3 is 2.69 bits per heavy atom. The zero-order valence-corrected chi connectivity index (χ0v) is 10.2. The maximum Gasteiger partial charge on any atom is 0.145 e. The number of halogens is 3. The number of rotatable bonds is 3. The topological polar surface area (TPSA) is 46.2 Å². The van der Waals surface area contributed by atoms with Crippen molar-refractivity contribution in [1.82, 2.24) is 0 Å². The highest BCUT2D eigenvalue weighted by Gasteiger charge is 2.26. The summed E-state index contributed by atoms with van der Waals surface area (Å²) in [5.41, 5.74) is 6.45. The van der Waals surface area contributed by atoms with Crippen molar-refractivity contribution in [3.63, 3.8) is 0 Å². The van der Waals surface area contributed by atoms with E-state index in [0.29, 0.717) is 11.5 Å². The minimum atomic E-state index is -0.614. The lowest BCUT2D eigenvalue weighted by atomic mass is 10.0. The maximum atomic E-state index is 13.0. The van der Waals surface area contributed by atoms with E-state index in [2.05, 4.69) is 0 Å². The molecule has 0 aliphatic heterocycles. The average Bonchev–Trinajstić information content (AvgIpc) is 2.98. The lowest BCUT2D eigenvalue weighted by molar-refractivity contribution is 0.450. The number of benzene rings is 1. The van der Waals surface area contributed by atoms with E-state index in [1.165, 1.54) is 25.0 Å². The number of phenols is 1. The van der Waals surface area contributed by atoms with Gasteiger partial charge in [0, 0.05) is 11.6 Å². The second-order valence-corrected chi connectivity index (χ2v) is 4.46. The van der Waals surface area contributed by atoms with Crippen LogP contribution in [0.3, 0.4) is 0 Å². The van der Waals surface area contributed by atoms with Gasteiger partial charge >= 0.3 is 0 Å². The molecular formula is C11H14Cl2FNO. The quantitative estimate of drug-likeness (QED) is 0.880. The molecule has 3 N–H and O–H groups in total. The second kappa shape index (κ2) is 5.21. The molecule has 0 saturated heterocycles. The molecule has 0 heterocycles. The van der Waals surface area contributed by atoms with Crippen LogP contribution in [-0.4, -0.2) is 5.11 Å². The Hall–Kier alpha value is -0.510. The predicted octanol–water partition coefficient (Wildman–Crippen LogP) is 3.41. The summed E-state index contributed by atoms with van der Waals surface area (Å²) in [7, 11) is 0. The first-order chi connectivity index (χ1) is 7.09. The predicted molar refractivity (Wildman–Crippen MR) is 64.6 cm³/mol. The van der Waals surface area contributed by atoms with Crippen LogP contribution in [0.1, 0.15) is 30.9 Å². The van der Waals surface area contributed by atoms with Gasteiger partial charge in [-0.1, -0.05) is 30.5 Å². The van der Waals surface area contributed by atoms with Gasteiger partial charge < -0.3 is 10.8 Å². The summed E-state index contributed by atoms with van der Waals surface area (Å²) in [6.07, 6.45) is 3.22. The Morgan fingerprint density at radius 2 is 2.12 bits per heavy atom. The molecule has 1 aromatic rings. The standard InChI is InChI=1S/C11H13ClFNO.ClH/c12-10-8(13)4-3-7(11(10)15)9(14)5-6-1-2-6;/h3-4,6,9,15H,1-2,5,14H2;1H/t9-;/m1./s1. The average molecular weight is 266 g/mol. The van der Waals surface area contributed by atoms with E-state index in [0.717, 1.165) is 6.42 Å². The molecule has 1 aliphatic carbocycles. The zero-order chi connectivity index (χ0) is 11.0. The minimum absolute atomic E-state index is 0. The maximum absolute atomic E-state index is 13.0. The van der Waals surface area contributed by atoms with Crippen molar-refractivity contribution in [3.05, 3.63) is 28.5 Å². The van der Waals surface area contributed by atoms with Gasteiger partial charge in [-0.15, -0.1) is 12.4 Å². The number of phenolic OH excluding ortho intramolecular Hbond substituents is 1. The molecule has 0 spiro atoms. The van der Waals surface area contributed by atoms with Gasteiger partial charge in [0.25, 0.3) is 0 Å². The molecule has 90 valence electrons. The molecular weight excluding hydrogens is 252 g/mol. The molecule has 0 unspecified atom stereocenters. The van der Waals surface area contributed by atoms with Crippen LogP contribution in [-0.2, 0) is 0 Å². The highest BCUT2D eigenvalue weighted by atomic mass is 35.5. The van der Waals surface area contributed by atoms with Gasteiger partial charge in [-0.3, -0.25) is 0 Å². The summed E-state index contributed by atoms with van der Waals surface area (Å²) >= 11 is 5.60. The Bertz CT molecular complexity index is 382. The Kier molecular flexibility index (Phi) is 4.42. The third kappa shape index (κ3) is 2.78. The Labute approximate surface area is 105 Å². The highest BCUT2D eigenvalue weighted by Crippen LogP contribution is 2.40. The molecule has 1 fully saturated rings. The van der Waals surface area contributed by atoms with Crippen LogP contribution in [0.4, 0.5) is 4.39 Å². The molecule has 16 heavy (non-hydrogen) atoms. The molecule has 0 aromatic heterocycles. The van der Waals surface area contributed by atoms with Crippen molar-refractivity contribution < 1.29 is 9.50 Å². The molecule has 5 heteroatoms. The first-order valence-electron chi connectivity index (χ1n) is 5.02. The van der Waals surface area contributed by atoms with E-state index in [1.807, 2.05) is 0 Å². The van der Waals surface area contributed by atoms with Crippen molar-refractivity contribution in [1.29, 1.82) is 0 Å². The Morgan fingerprint density at radius 1 is 1.50 bits per heavy atom. The first-order valence-corrected chi connectivity index (χ1v) is 5.40. The van der Waals surface area contributed by atoms with E-state index < -0.39 is 5.82 Å². The van der Waals surface area contributed by atoms with Gasteiger partial charge in [-0.25, -0.2) is 4.39 Å². The normalized spacial score (nSPS) is 16.7. The molecule has 1 saturated carbocycles. The number of aromatic hydroxyl groups is 1. The molecule has 2 nitrogen and oxygen atoms in total. The third-order valence-electron chi connectivity index (χ3n) is 2.78. The van der Waals surface area contributed by atoms with Crippen LogP contribution in [0.2, 0.25) is 5.02 Å². The molecule has 0 amide bonds. The SMILES string of the molecule is Cl.N[C@H](CC1CC1)c1ccc(F)c(Cl)c1O. The van der Waals surface area contributed by atoms with Gasteiger partial charge in [-0.05, 0) is 18.4 Å². The zero-order valence-electron chi connectivity index (χ0n) is 8.62. The molecule has 1 atom stereocenters. The lowest BCUT2D eigenvalue weighted by Gasteiger charge is -2.14. The van der Waals surface area contributed by atoms with Crippen molar-refractivity contribution >= 4 is 24.0 Å². The summed E-state index contributed by atoms with van der Waals surface area (Å²) in [6, 6.07) is 2.49. The number of nitrogens with two attached hydrogens (primary N) is 1. The summed E-state index contributed by atoms with van der Waals surface area (Å²) in [5.74, 6) is -0.176. The van der Waals surface area contributed by atoms with Crippen LogP contribution >= 0.6 is 24.0 Å². The monoisotopic (exact) mass is 265 g/mol. The Balaban J connectivity index is 0.00000128. The largest absolute Gasteiger partial charge is 0.506 e. The van der Waals surface area contributed by atoms with Crippen LogP contribution in [0.5, 0.6) is 5.75 Å². The van der Waals surface area contributed by atoms with E-state index >= 15 is 0 Å². The summed E-state index contributed by atoms with van der Waals surface area (Å²) in [4.78, 5) is 0. The summed E-state index contributed by atoms with van der Waals surface area (Å²) < 4.78 is 13.0. The second-order valence-electron chi connectivity index (χ2n) is 4.08. The van der Waals surface area contributed by atoms with Crippen LogP contribution < -0.4 is 5.73 Å². The first kappa shape index (κ1) is 13.6. The molecule has 2 rings (SSSR count). The number of hydrogen-bond donors (Lipinski definition) is 2. The van der Waals surface area contributed by atoms with E-state index in [9.17, 15) is 9.50 Å². The van der Waals surface area contributed by atoms with Crippen LogP contribution in [0.15, 0.2) is 12.1 Å². The third-order valence-corrected chi connectivity index (χ3v) is 3.14. The summed E-state index contributed by atoms with van der Waals surface area (Å²) in [6.45, 7) is 0. The van der Waals surface area contributed by atoms with Crippen molar-refractivity contribution in [2.75, 3.05) is 0 Å².